The predicted octanol–water partition coefficient (Wildman–Crippen LogP) is -4.16. The summed E-state index contributed by atoms with van der Waals surface area (Å²) in [6, 6.07) is 0.368. The van der Waals surface area contributed by atoms with Gasteiger partial charge in [0.1, 0.15) is 29.9 Å². The Bertz CT molecular complexity index is 921. The number of carboxylic acids is 1. The van der Waals surface area contributed by atoms with Gasteiger partial charge in [-0.25, -0.2) is 4.79 Å². The highest BCUT2D eigenvalue weighted by atomic mass is 16.4. The number of aliphatic hydroxyl groups excluding tert-OH is 2. The van der Waals surface area contributed by atoms with Crippen molar-refractivity contribution in [3.63, 3.8) is 0 Å². The van der Waals surface area contributed by atoms with Crippen LogP contribution in [0.3, 0.4) is 0 Å². The molecule has 0 spiro atoms. The van der Waals surface area contributed by atoms with Crippen LogP contribution in [-0.2, 0) is 25.6 Å². The number of benzene rings is 1. The number of carbonyl (C=O) groups excluding carboxylic acids is 3. The van der Waals surface area contributed by atoms with E-state index >= 15 is 0 Å². The van der Waals surface area contributed by atoms with Gasteiger partial charge in [-0.3, -0.25) is 19.4 Å². The van der Waals surface area contributed by atoms with E-state index in [1.165, 1.54) is 24.3 Å². The fourth-order valence-electron chi connectivity index (χ4n) is 2.94. The Kier molecular flexibility index (Phi) is 12.6. The van der Waals surface area contributed by atoms with Gasteiger partial charge < -0.3 is 53.6 Å². The molecule has 0 aliphatic carbocycles. The Labute approximate surface area is 206 Å². The number of phenols is 1. The van der Waals surface area contributed by atoms with Crippen LogP contribution in [0.2, 0.25) is 0 Å². The van der Waals surface area contributed by atoms with Gasteiger partial charge in [-0.1, -0.05) is 12.1 Å². The molecule has 200 valence electrons. The van der Waals surface area contributed by atoms with Gasteiger partial charge in [0, 0.05) is 13.0 Å². The van der Waals surface area contributed by atoms with E-state index in [1.807, 2.05) is 0 Å². The first-order valence-electron chi connectivity index (χ1n) is 10.9. The lowest BCUT2D eigenvalue weighted by molar-refractivity contribution is -0.143. The fourth-order valence-corrected chi connectivity index (χ4v) is 2.94. The lowest BCUT2D eigenvalue weighted by atomic mass is 10.0. The van der Waals surface area contributed by atoms with Crippen molar-refractivity contribution in [2.24, 2.45) is 22.2 Å². The molecule has 1 rings (SSSR count). The van der Waals surface area contributed by atoms with E-state index in [0.717, 1.165) is 0 Å². The van der Waals surface area contributed by atoms with E-state index in [4.69, 9.17) is 27.4 Å². The Morgan fingerprint density at radius 2 is 1.42 bits per heavy atom. The first-order chi connectivity index (χ1) is 17.0. The number of aliphatic imine (C=N–C) groups is 1. The van der Waals surface area contributed by atoms with Crippen LogP contribution in [0.5, 0.6) is 5.75 Å². The number of guanidine groups is 1. The van der Waals surface area contributed by atoms with Crippen molar-refractivity contribution < 1.29 is 39.6 Å². The summed E-state index contributed by atoms with van der Waals surface area (Å²) in [4.78, 5) is 53.1. The lowest BCUT2D eigenvalue weighted by Crippen LogP contribution is -2.58. The molecule has 0 fully saturated rings. The summed E-state index contributed by atoms with van der Waals surface area (Å²) in [7, 11) is 0. The average molecular weight is 512 g/mol. The third-order valence-electron chi connectivity index (χ3n) is 4.92. The number of rotatable bonds is 15. The largest absolute Gasteiger partial charge is 0.508 e. The molecule has 0 saturated carbocycles. The summed E-state index contributed by atoms with van der Waals surface area (Å²) in [5, 5.41) is 43.9. The Hall–Kier alpha value is -3.95. The van der Waals surface area contributed by atoms with Crippen LogP contribution in [0, 0.1) is 0 Å². The smallest absolute Gasteiger partial charge is 0.328 e. The summed E-state index contributed by atoms with van der Waals surface area (Å²) in [5.41, 5.74) is 16.6. The van der Waals surface area contributed by atoms with E-state index < -0.39 is 61.1 Å². The SMILES string of the molecule is NC(N)=NCCCC(NC(=O)C(Cc1ccc(O)cc1)NC(=O)C(N)CO)C(=O)NC(CO)C(=O)O. The molecular formula is C21H33N7O8. The van der Waals surface area contributed by atoms with Crippen molar-refractivity contribution in [1.82, 2.24) is 16.0 Å². The number of nitrogens with two attached hydrogens (primary N) is 3. The predicted molar refractivity (Wildman–Crippen MR) is 127 cm³/mol. The minimum Gasteiger partial charge on any atom is -0.508 e. The van der Waals surface area contributed by atoms with Crippen LogP contribution in [-0.4, -0.2) is 94.0 Å². The summed E-state index contributed by atoms with van der Waals surface area (Å²) in [5.74, 6) is -4.19. The summed E-state index contributed by atoms with van der Waals surface area (Å²) in [6.07, 6.45) is 0.145. The molecule has 15 nitrogen and oxygen atoms in total. The Morgan fingerprint density at radius 1 is 0.861 bits per heavy atom. The maximum Gasteiger partial charge on any atom is 0.328 e. The molecule has 0 aliphatic rings. The van der Waals surface area contributed by atoms with Crippen molar-refractivity contribution in [3.05, 3.63) is 29.8 Å². The summed E-state index contributed by atoms with van der Waals surface area (Å²) in [6.45, 7) is -1.44. The molecule has 0 heterocycles. The number of aliphatic carboxylic acids is 1. The molecular weight excluding hydrogens is 478 g/mol. The number of nitrogens with zero attached hydrogens (tertiary/aromatic N) is 1. The van der Waals surface area contributed by atoms with Crippen molar-refractivity contribution in [2.45, 2.75) is 43.4 Å². The van der Waals surface area contributed by atoms with Gasteiger partial charge in [0.05, 0.1) is 13.2 Å². The van der Waals surface area contributed by atoms with E-state index in [2.05, 4.69) is 20.9 Å². The molecule has 0 aliphatic heterocycles. The molecule has 0 aromatic heterocycles. The fraction of sp³-hybridized carbons (Fsp3) is 0.476. The number of amides is 3. The quantitative estimate of drug-likeness (QED) is 0.0612. The molecule has 3 amide bonds. The van der Waals surface area contributed by atoms with Gasteiger partial charge in [0.15, 0.2) is 5.96 Å². The van der Waals surface area contributed by atoms with Crippen LogP contribution >= 0.6 is 0 Å². The Morgan fingerprint density at radius 3 is 1.94 bits per heavy atom. The van der Waals surface area contributed by atoms with Crippen molar-refractivity contribution in [2.75, 3.05) is 19.8 Å². The average Bonchev–Trinajstić information content (AvgIpc) is 2.83. The maximum absolute atomic E-state index is 13.1. The van der Waals surface area contributed by atoms with Gasteiger partial charge in [0.25, 0.3) is 0 Å². The van der Waals surface area contributed by atoms with Gasteiger partial charge in [0.2, 0.25) is 17.7 Å². The first-order valence-corrected chi connectivity index (χ1v) is 10.9. The van der Waals surface area contributed by atoms with Crippen LogP contribution in [0.25, 0.3) is 0 Å². The van der Waals surface area contributed by atoms with Crippen LogP contribution in [0.4, 0.5) is 0 Å². The second kappa shape index (κ2) is 15.1. The topological polar surface area (TPSA) is 276 Å². The minimum absolute atomic E-state index is 0.0118. The van der Waals surface area contributed by atoms with E-state index in [9.17, 15) is 29.4 Å². The zero-order chi connectivity index (χ0) is 27.3. The number of phenolic OH excluding ortho intramolecular Hbond substituents is 1. The van der Waals surface area contributed by atoms with Crippen molar-refractivity contribution in [1.29, 1.82) is 0 Å². The second-order valence-electron chi connectivity index (χ2n) is 7.81. The van der Waals surface area contributed by atoms with Crippen molar-refractivity contribution in [3.8, 4) is 5.75 Å². The molecule has 0 bridgehead atoms. The Balaban J connectivity index is 3.11. The second-order valence-corrected chi connectivity index (χ2v) is 7.81. The number of nitrogens with one attached hydrogen (secondary N) is 3. The molecule has 4 atom stereocenters. The summed E-state index contributed by atoms with van der Waals surface area (Å²) >= 11 is 0. The van der Waals surface area contributed by atoms with E-state index in [-0.39, 0.29) is 37.5 Å². The molecule has 0 saturated heterocycles. The normalized spacial score (nSPS) is 14.0. The number of hydrogen-bond acceptors (Lipinski definition) is 9. The van der Waals surface area contributed by atoms with E-state index in [1.54, 1.807) is 0 Å². The van der Waals surface area contributed by atoms with Crippen molar-refractivity contribution >= 4 is 29.7 Å². The number of carbonyl (C=O) groups is 4. The lowest BCUT2D eigenvalue weighted by Gasteiger charge is -2.25. The van der Waals surface area contributed by atoms with Crippen LogP contribution in [0.1, 0.15) is 18.4 Å². The van der Waals surface area contributed by atoms with Gasteiger partial charge in [-0.2, -0.15) is 0 Å². The van der Waals surface area contributed by atoms with E-state index in [0.29, 0.717) is 5.56 Å². The third kappa shape index (κ3) is 10.5. The zero-order valence-electron chi connectivity index (χ0n) is 19.5. The van der Waals surface area contributed by atoms with Crippen LogP contribution in [0.15, 0.2) is 29.3 Å². The van der Waals surface area contributed by atoms with Gasteiger partial charge in [-0.05, 0) is 30.5 Å². The first kappa shape index (κ1) is 30.1. The highest BCUT2D eigenvalue weighted by molar-refractivity contribution is 5.94. The third-order valence-corrected chi connectivity index (χ3v) is 4.92. The number of aliphatic hydroxyl groups is 2. The maximum atomic E-state index is 13.1. The highest BCUT2D eigenvalue weighted by Crippen LogP contribution is 2.12. The molecule has 15 heteroatoms. The zero-order valence-corrected chi connectivity index (χ0v) is 19.5. The molecule has 1 aromatic carbocycles. The summed E-state index contributed by atoms with van der Waals surface area (Å²) < 4.78 is 0. The molecule has 0 radical (unpaired) electrons. The molecule has 36 heavy (non-hydrogen) atoms. The van der Waals surface area contributed by atoms with Gasteiger partial charge >= 0.3 is 5.97 Å². The number of hydrogen-bond donors (Lipinski definition) is 10. The number of carboxylic acid groups (broad SMARTS) is 1. The minimum atomic E-state index is -1.61. The monoisotopic (exact) mass is 511 g/mol. The van der Waals surface area contributed by atoms with Gasteiger partial charge in [-0.15, -0.1) is 0 Å². The molecule has 13 N–H and O–H groups in total. The highest BCUT2D eigenvalue weighted by Gasteiger charge is 2.30. The molecule has 1 aromatic rings. The van der Waals surface area contributed by atoms with Crippen LogP contribution < -0.4 is 33.2 Å². The standard InChI is InChI=1S/C21H33N7O8/c22-13(9-29)17(32)27-15(8-11-3-5-12(31)6-4-11)19(34)26-14(2-1-7-25-21(23)24)18(33)28-16(10-30)20(35)36/h3-6,13-16,29-31H,1-2,7-10,22H2,(H,26,34)(H,27,32)(H,28,33)(H,35,36)(H4,23,24,25). The number of aromatic hydroxyl groups is 1. The molecule has 4 unspecified atom stereocenters.